The number of nitrogens with one attached hydrogen (secondary N) is 2. The molecule has 0 spiro atoms. The Hall–Kier alpha value is -1.59. The number of methoxy groups -OCH3 is 1. The van der Waals surface area contributed by atoms with Crippen LogP contribution in [0.15, 0.2) is 0 Å². The molecule has 17 heavy (non-hydrogen) atoms. The molecule has 1 heterocycles. The molecule has 0 aliphatic heterocycles. The number of rotatable bonds is 6. The zero-order valence-electron chi connectivity index (χ0n) is 10.6. The van der Waals surface area contributed by atoms with Crippen molar-refractivity contribution >= 4 is 11.9 Å². The third-order valence-corrected chi connectivity index (χ3v) is 2.74. The van der Waals surface area contributed by atoms with Crippen molar-refractivity contribution in [3.05, 3.63) is 0 Å². The molecular weight excluding hydrogens is 218 g/mol. The number of nitrogens with zero attached hydrogens (tertiary/aromatic N) is 3. The minimum Gasteiger partial charge on any atom is -0.467 e. The second-order valence-corrected chi connectivity index (χ2v) is 4.58. The van der Waals surface area contributed by atoms with Gasteiger partial charge in [0.15, 0.2) is 0 Å². The summed E-state index contributed by atoms with van der Waals surface area (Å²) in [6.07, 6.45) is 3.33. The summed E-state index contributed by atoms with van der Waals surface area (Å²) in [6, 6.07) is 0.338. The van der Waals surface area contributed by atoms with Crippen LogP contribution in [0.5, 0.6) is 6.01 Å². The summed E-state index contributed by atoms with van der Waals surface area (Å²) in [5.41, 5.74) is 0.147. The van der Waals surface area contributed by atoms with Crippen molar-refractivity contribution < 1.29 is 4.74 Å². The van der Waals surface area contributed by atoms with Crippen molar-refractivity contribution in [2.45, 2.75) is 38.6 Å². The smallest absolute Gasteiger partial charge is 0.322 e. The van der Waals surface area contributed by atoms with Crippen molar-refractivity contribution in [1.29, 1.82) is 0 Å². The molecule has 6 nitrogen and oxygen atoms in total. The Labute approximate surface area is 101 Å². The summed E-state index contributed by atoms with van der Waals surface area (Å²) in [5, 5.41) is 6.43. The van der Waals surface area contributed by atoms with Crippen molar-refractivity contribution in [2.75, 3.05) is 24.3 Å². The van der Waals surface area contributed by atoms with Crippen LogP contribution >= 0.6 is 0 Å². The number of aromatic nitrogens is 3. The molecule has 0 saturated heterocycles. The minimum atomic E-state index is 0.147. The zero-order valence-corrected chi connectivity index (χ0v) is 10.6. The molecule has 1 aliphatic rings. The van der Waals surface area contributed by atoms with Gasteiger partial charge in [0.05, 0.1) is 7.11 Å². The van der Waals surface area contributed by atoms with Crippen LogP contribution in [-0.4, -0.2) is 34.1 Å². The quantitative estimate of drug-likeness (QED) is 0.784. The van der Waals surface area contributed by atoms with Crippen molar-refractivity contribution in [3.63, 3.8) is 0 Å². The zero-order chi connectivity index (χ0) is 12.3. The maximum Gasteiger partial charge on any atom is 0.322 e. The normalized spacial score (nSPS) is 16.4. The molecule has 2 N–H and O–H groups in total. The van der Waals surface area contributed by atoms with E-state index >= 15 is 0 Å². The lowest BCUT2D eigenvalue weighted by atomic mass is 10.3. The highest BCUT2D eigenvalue weighted by Crippen LogP contribution is 2.37. The van der Waals surface area contributed by atoms with Crippen LogP contribution in [0.25, 0.3) is 0 Å². The van der Waals surface area contributed by atoms with E-state index in [1.165, 1.54) is 0 Å². The standard InChI is InChI=1S/C11H19N5O/c1-4-7-12-8-13-9(15-10(14-8)17-3)16-11(2)5-6-11/h4-7H2,1-3H3,(H2,12,13,14,15,16). The van der Waals surface area contributed by atoms with Gasteiger partial charge < -0.3 is 15.4 Å². The summed E-state index contributed by atoms with van der Waals surface area (Å²) >= 11 is 0. The first kappa shape index (κ1) is 11.9. The van der Waals surface area contributed by atoms with Crippen molar-refractivity contribution in [3.8, 4) is 6.01 Å². The highest BCUT2D eigenvalue weighted by molar-refractivity contribution is 5.39. The van der Waals surface area contributed by atoms with Crippen LogP contribution in [0.2, 0.25) is 0 Å². The molecule has 2 rings (SSSR count). The van der Waals surface area contributed by atoms with Gasteiger partial charge in [-0.3, -0.25) is 0 Å². The van der Waals surface area contributed by atoms with Gasteiger partial charge in [0.25, 0.3) is 0 Å². The van der Waals surface area contributed by atoms with E-state index in [0.717, 1.165) is 25.8 Å². The Morgan fingerprint density at radius 1 is 1.24 bits per heavy atom. The first-order chi connectivity index (χ1) is 8.15. The summed E-state index contributed by atoms with van der Waals surface area (Å²) in [5.74, 6) is 1.14. The van der Waals surface area contributed by atoms with Gasteiger partial charge in [-0.1, -0.05) is 6.92 Å². The van der Waals surface area contributed by atoms with E-state index in [0.29, 0.717) is 17.9 Å². The highest BCUT2D eigenvalue weighted by atomic mass is 16.5. The summed E-state index contributed by atoms with van der Waals surface area (Å²) in [4.78, 5) is 12.7. The van der Waals surface area contributed by atoms with Crippen molar-refractivity contribution in [1.82, 2.24) is 15.0 Å². The fraction of sp³-hybridized carbons (Fsp3) is 0.727. The predicted octanol–water partition coefficient (Wildman–Crippen LogP) is 1.67. The van der Waals surface area contributed by atoms with Gasteiger partial charge in [0.1, 0.15) is 0 Å². The van der Waals surface area contributed by atoms with E-state index in [-0.39, 0.29) is 5.54 Å². The summed E-state index contributed by atoms with van der Waals surface area (Å²) in [7, 11) is 1.56. The lowest BCUT2D eigenvalue weighted by Crippen LogP contribution is -2.19. The fourth-order valence-corrected chi connectivity index (χ4v) is 1.40. The van der Waals surface area contributed by atoms with Gasteiger partial charge in [-0.05, 0) is 26.2 Å². The molecule has 0 radical (unpaired) electrons. The van der Waals surface area contributed by atoms with Crippen LogP contribution in [0, 0.1) is 0 Å². The lowest BCUT2D eigenvalue weighted by Gasteiger charge is -2.12. The average molecular weight is 237 g/mol. The van der Waals surface area contributed by atoms with E-state index in [4.69, 9.17) is 4.74 Å². The molecule has 1 saturated carbocycles. The number of hydrogen-bond donors (Lipinski definition) is 2. The Morgan fingerprint density at radius 3 is 2.53 bits per heavy atom. The van der Waals surface area contributed by atoms with E-state index in [2.05, 4.69) is 39.4 Å². The van der Waals surface area contributed by atoms with Gasteiger partial charge in [-0.2, -0.15) is 15.0 Å². The molecule has 6 heteroatoms. The van der Waals surface area contributed by atoms with Gasteiger partial charge >= 0.3 is 6.01 Å². The Morgan fingerprint density at radius 2 is 1.94 bits per heavy atom. The second-order valence-electron chi connectivity index (χ2n) is 4.58. The van der Waals surface area contributed by atoms with Gasteiger partial charge in [0.2, 0.25) is 11.9 Å². The number of ether oxygens (including phenoxy) is 1. The number of hydrogen-bond acceptors (Lipinski definition) is 6. The molecule has 0 atom stereocenters. The monoisotopic (exact) mass is 237 g/mol. The lowest BCUT2D eigenvalue weighted by molar-refractivity contribution is 0.379. The number of anilines is 2. The Kier molecular flexibility index (Phi) is 3.31. The molecule has 0 amide bonds. The molecule has 1 aromatic rings. The van der Waals surface area contributed by atoms with E-state index in [1.54, 1.807) is 7.11 Å². The van der Waals surface area contributed by atoms with Crippen LogP contribution in [0.4, 0.5) is 11.9 Å². The first-order valence-electron chi connectivity index (χ1n) is 5.97. The topological polar surface area (TPSA) is 72.0 Å². The van der Waals surface area contributed by atoms with Crippen LogP contribution in [0.3, 0.4) is 0 Å². The van der Waals surface area contributed by atoms with E-state index in [9.17, 15) is 0 Å². The van der Waals surface area contributed by atoms with Gasteiger partial charge in [-0.15, -0.1) is 0 Å². The Balaban J connectivity index is 2.12. The molecule has 1 aliphatic carbocycles. The predicted molar refractivity (Wildman–Crippen MR) is 66.4 cm³/mol. The Bertz CT molecular complexity index is 391. The molecule has 0 bridgehead atoms. The largest absolute Gasteiger partial charge is 0.467 e. The molecule has 94 valence electrons. The van der Waals surface area contributed by atoms with Crippen LogP contribution < -0.4 is 15.4 Å². The maximum atomic E-state index is 5.07. The summed E-state index contributed by atoms with van der Waals surface area (Å²) in [6.45, 7) is 5.09. The van der Waals surface area contributed by atoms with E-state index in [1.807, 2.05) is 0 Å². The molecule has 1 aromatic heterocycles. The van der Waals surface area contributed by atoms with Crippen LogP contribution in [0.1, 0.15) is 33.1 Å². The SMILES string of the molecule is CCCNc1nc(NC2(C)CC2)nc(OC)n1. The van der Waals surface area contributed by atoms with Gasteiger partial charge in [-0.25, -0.2) is 0 Å². The van der Waals surface area contributed by atoms with Crippen LogP contribution in [-0.2, 0) is 0 Å². The summed E-state index contributed by atoms with van der Waals surface area (Å²) < 4.78 is 5.07. The molecule has 0 aromatic carbocycles. The average Bonchev–Trinajstić information content (AvgIpc) is 3.03. The first-order valence-corrected chi connectivity index (χ1v) is 5.97. The molecular formula is C11H19N5O. The third-order valence-electron chi connectivity index (χ3n) is 2.74. The third kappa shape index (κ3) is 3.18. The van der Waals surface area contributed by atoms with Gasteiger partial charge in [0, 0.05) is 12.1 Å². The molecule has 0 unspecified atom stereocenters. The van der Waals surface area contributed by atoms with Crippen molar-refractivity contribution in [2.24, 2.45) is 0 Å². The highest BCUT2D eigenvalue weighted by Gasteiger charge is 2.38. The fourth-order valence-electron chi connectivity index (χ4n) is 1.40. The minimum absolute atomic E-state index is 0.147. The molecule has 1 fully saturated rings. The van der Waals surface area contributed by atoms with E-state index < -0.39 is 0 Å². The second kappa shape index (κ2) is 4.73. The maximum absolute atomic E-state index is 5.07.